The van der Waals surface area contributed by atoms with E-state index in [0.717, 1.165) is 11.3 Å². The number of β-amino-alcohol motifs (C(OH)–C–C–N with tert-alkyl or cyclic N) is 1. The molecule has 0 bridgehead atoms. The molecular formula is C15H24N2O3. The molecule has 0 radical (unpaired) electrons. The van der Waals surface area contributed by atoms with Crippen LogP contribution in [0.3, 0.4) is 0 Å². The number of primary amides is 1. The van der Waals surface area contributed by atoms with E-state index in [2.05, 4.69) is 5.32 Å². The molecule has 0 aliphatic heterocycles. The van der Waals surface area contributed by atoms with Crippen molar-refractivity contribution in [2.75, 3.05) is 13.2 Å². The van der Waals surface area contributed by atoms with E-state index in [1.54, 1.807) is 6.92 Å². The number of aryl methyl sites for hydroxylation is 1. The van der Waals surface area contributed by atoms with Crippen LogP contribution in [0.25, 0.3) is 0 Å². The topological polar surface area (TPSA) is 84.6 Å². The van der Waals surface area contributed by atoms with E-state index in [4.69, 9.17) is 10.5 Å². The third-order valence-electron chi connectivity index (χ3n) is 3.50. The standard InChI is InChI=1S/C15H24N2O3/c1-4-15(3,14(16)19)17-9-12(18)10-20-13-8-6-5-7-11(13)2/h5-8,12,17-18H,4,9-10H2,1-3H3,(H2,16,19). The smallest absolute Gasteiger partial charge is 0.237 e. The van der Waals surface area contributed by atoms with Crippen LogP contribution in [-0.4, -0.2) is 35.8 Å². The molecule has 5 nitrogen and oxygen atoms in total. The molecule has 1 aromatic rings. The van der Waals surface area contributed by atoms with Crippen LogP contribution in [0.1, 0.15) is 25.8 Å². The molecule has 5 heteroatoms. The van der Waals surface area contributed by atoms with Gasteiger partial charge in [0.1, 0.15) is 18.5 Å². The van der Waals surface area contributed by atoms with Gasteiger partial charge < -0.3 is 20.9 Å². The second-order valence-electron chi connectivity index (χ2n) is 5.16. The summed E-state index contributed by atoms with van der Waals surface area (Å²) in [4.78, 5) is 11.3. The van der Waals surface area contributed by atoms with Gasteiger partial charge >= 0.3 is 0 Å². The van der Waals surface area contributed by atoms with Crippen LogP contribution in [0.2, 0.25) is 0 Å². The fraction of sp³-hybridized carbons (Fsp3) is 0.533. The molecule has 0 aliphatic carbocycles. The molecule has 112 valence electrons. The van der Waals surface area contributed by atoms with Crippen LogP contribution in [0.15, 0.2) is 24.3 Å². The first-order chi connectivity index (χ1) is 9.39. The van der Waals surface area contributed by atoms with Crippen LogP contribution >= 0.6 is 0 Å². The average molecular weight is 280 g/mol. The molecule has 1 aromatic carbocycles. The van der Waals surface area contributed by atoms with Crippen molar-refractivity contribution < 1.29 is 14.6 Å². The minimum Gasteiger partial charge on any atom is -0.491 e. The van der Waals surface area contributed by atoms with Crippen LogP contribution in [0.5, 0.6) is 5.75 Å². The minimum absolute atomic E-state index is 0.163. The summed E-state index contributed by atoms with van der Waals surface area (Å²) in [5, 5.41) is 12.9. The number of hydrogen-bond acceptors (Lipinski definition) is 4. The number of aliphatic hydroxyl groups is 1. The van der Waals surface area contributed by atoms with Gasteiger partial charge in [0.2, 0.25) is 5.91 Å². The summed E-state index contributed by atoms with van der Waals surface area (Å²) in [5.74, 6) is 0.326. The molecule has 0 aliphatic rings. The molecule has 20 heavy (non-hydrogen) atoms. The molecular weight excluding hydrogens is 256 g/mol. The Morgan fingerprint density at radius 1 is 1.50 bits per heavy atom. The number of aliphatic hydroxyl groups excluding tert-OH is 1. The second kappa shape index (κ2) is 7.26. The Hall–Kier alpha value is -1.59. The Labute approximate surface area is 120 Å². The van der Waals surface area contributed by atoms with Gasteiger partial charge in [-0.2, -0.15) is 0 Å². The Kier molecular flexibility index (Phi) is 5.98. The highest BCUT2D eigenvalue weighted by Crippen LogP contribution is 2.16. The first kappa shape index (κ1) is 16.5. The number of hydrogen-bond donors (Lipinski definition) is 3. The van der Waals surface area contributed by atoms with Crippen molar-refractivity contribution in [3.63, 3.8) is 0 Å². The molecule has 4 N–H and O–H groups in total. The normalized spacial score (nSPS) is 15.4. The van der Waals surface area contributed by atoms with Crippen molar-refractivity contribution in [2.45, 2.75) is 38.8 Å². The van der Waals surface area contributed by atoms with Gasteiger partial charge in [-0.15, -0.1) is 0 Å². The van der Waals surface area contributed by atoms with Crippen molar-refractivity contribution in [1.29, 1.82) is 0 Å². The number of rotatable bonds is 8. The van der Waals surface area contributed by atoms with E-state index in [0.29, 0.717) is 6.42 Å². The van der Waals surface area contributed by atoms with E-state index in [9.17, 15) is 9.90 Å². The van der Waals surface area contributed by atoms with Crippen molar-refractivity contribution in [3.05, 3.63) is 29.8 Å². The SMILES string of the molecule is CCC(C)(NCC(O)COc1ccccc1C)C(N)=O. The molecule has 0 aromatic heterocycles. The van der Waals surface area contributed by atoms with Gasteiger partial charge in [-0.05, 0) is 31.9 Å². The van der Waals surface area contributed by atoms with Crippen molar-refractivity contribution in [1.82, 2.24) is 5.32 Å². The van der Waals surface area contributed by atoms with Crippen LogP contribution in [0, 0.1) is 6.92 Å². The van der Waals surface area contributed by atoms with E-state index >= 15 is 0 Å². The monoisotopic (exact) mass is 280 g/mol. The van der Waals surface area contributed by atoms with Crippen LogP contribution in [0.4, 0.5) is 0 Å². The highest BCUT2D eigenvalue weighted by Gasteiger charge is 2.28. The van der Waals surface area contributed by atoms with Gasteiger partial charge in [0.15, 0.2) is 0 Å². The van der Waals surface area contributed by atoms with Crippen LogP contribution < -0.4 is 15.8 Å². The maximum absolute atomic E-state index is 11.3. The fourth-order valence-corrected chi connectivity index (χ4v) is 1.69. The first-order valence-electron chi connectivity index (χ1n) is 6.80. The Bertz CT molecular complexity index is 450. The van der Waals surface area contributed by atoms with E-state index in [1.807, 2.05) is 38.1 Å². The molecule has 0 spiro atoms. The average Bonchev–Trinajstić information content (AvgIpc) is 2.43. The number of nitrogens with one attached hydrogen (secondary N) is 1. The zero-order valence-corrected chi connectivity index (χ0v) is 12.3. The molecule has 0 saturated heterocycles. The number of nitrogens with two attached hydrogens (primary N) is 1. The van der Waals surface area contributed by atoms with Gasteiger partial charge in [-0.25, -0.2) is 0 Å². The highest BCUT2D eigenvalue weighted by atomic mass is 16.5. The summed E-state index contributed by atoms with van der Waals surface area (Å²) in [5.41, 5.74) is 5.55. The Balaban J connectivity index is 2.43. The van der Waals surface area contributed by atoms with Gasteiger partial charge in [0.25, 0.3) is 0 Å². The summed E-state index contributed by atoms with van der Waals surface area (Å²) in [7, 11) is 0. The van der Waals surface area contributed by atoms with Crippen molar-refractivity contribution in [3.8, 4) is 5.75 Å². The maximum atomic E-state index is 11.3. The molecule has 1 rings (SSSR count). The maximum Gasteiger partial charge on any atom is 0.237 e. The number of carbonyl (C=O) groups is 1. The van der Waals surface area contributed by atoms with Gasteiger partial charge in [0, 0.05) is 6.54 Å². The Morgan fingerprint density at radius 2 is 2.15 bits per heavy atom. The minimum atomic E-state index is -0.802. The number of benzene rings is 1. The number of carbonyl (C=O) groups excluding carboxylic acids is 1. The van der Waals surface area contributed by atoms with E-state index in [-0.39, 0.29) is 13.2 Å². The number of ether oxygens (including phenoxy) is 1. The first-order valence-corrected chi connectivity index (χ1v) is 6.80. The Morgan fingerprint density at radius 3 is 2.70 bits per heavy atom. The fourth-order valence-electron chi connectivity index (χ4n) is 1.69. The molecule has 2 unspecified atom stereocenters. The van der Waals surface area contributed by atoms with E-state index < -0.39 is 17.6 Å². The summed E-state index contributed by atoms with van der Waals surface area (Å²) in [6, 6.07) is 7.62. The predicted molar refractivity (Wildman–Crippen MR) is 78.6 cm³/mol. The lowest BCUT2D eigenvalue weighted by Gasteiger charge is -2.27. The third kappa shape index (κ3) is 4.51. The van der Waals surface area contributed by atoms with Gasteiger partial charge in [0.05, 0.1) is 5.54 Å². The summed E-state index contributed by atoms with van der Waals surface area (Å²) in [6.45, 7) is 5.95. The van der Waals surface area contributed by atoms with Crippen molar-refractivity contribution >= 4 is 5.91 Å². The summed E-state index contributed by atoms with van der Waals surface area (Å²) < 4.78 is 5.55. The van der Waals surface area contributed by atoms with Crippen LogP contribution in [-0.2, 0) is 4.79 Å². The molecule has 2 atom stereocenters. The summed E-state index contributed by atoms with van der Waals surface area (Å²) in [6.07, 6.45) is -0.145. The molecule has 1 amide bonds. The summed E-state index contributed by atoms with van der Waals surface area (Å²) >= 11 is 0. The predicted octanol–water partition coefficient (Wildman–Crippen LogP) is 0.978. The number of para-hydroxylation sites is 1. The molecule has 0 fully saturated rings. The zero-order valence-electron chi connectivity index (χ0n) is 12.3. The molecule has 0 heterocycles. The number of amides is 1. The lowest BCUT2D eigenvalue weighted by Crippen LogP contribution is -2.55. The second-order valence-corrected chi connectivity index (χ2v) is 5.16. The van der Waals surface area contributed by atoms with Crippen molar-refractivity contribution in [2.24, 2.45) is 5.73 Å². The van der Waals surface area contributed by atoms with E-state index in [1.165, 1.54) is 0 Å². The lowest BCUT2D eigenvalue weighted by molar-refractivity contribution is -0.124. The highest BCUT2D eigenvalue weighted by molar-refractivity contribution is 5.84. The quantitative estimate of drug-likeness (QED) is 0.662. The third-order valence-corrected chi connectivity index (χ3v) is 3.50. The molecule has 0 saturated carbocycles. The van der Waals surface area contributed by atoms with Gasteiger partial charge in [-0.3, -0.25) is 4.79 Å². The largest absolute Gasteiger partial charge is 0.491 e. The van der Waals surface area contributed by atoms with Gasteiger partial charge in [-0.1, -0.05) is 25.1 Å². The zero-order chi connectivity index (χ0) is 15.2. The lowest BCUT2D eigenvalue weighted by atomic mass is 9.98.